The fourth-order valence-corrected chi connectivity index (χ4v) is 4.33. The summed E-state index contributed by atoms with van der Waals surface area (Å²) in [5.41, 5.74) is 5.10. The smallest absolute Gasteiger partial charge is 0.241 e. The van der Waals surface area contributed by atoms with Gasteiger partial charge in [-0.05, 0) is 63.5 Å². The van der Waals surface area contributed by atoms with Gasteiger partial charge in [-0.2, -0.15) is 0 Å². The fourth-order valence-electron chi connectivity index (χ4n) is 4.33. The van der Waals surface area contributed by atoms with Crippen molar-refractivity contribution in [3.05, 3.63) is 36.7 Å². The summed E-state index contributed by atoms with van der Waals surface area (Å²) in [5, 5.41) is 16.5. The minimum Gasteiger partial charge on any atom is -0.350 e. The molecule has 1 aliphatic carbocycles. The molecule has 0 amide bonds. The minimum atomic E-state index is 0.443. The molecule has 0 atom stereocenters. The Morgan fingerprint density at radius 1 is 1.07 bits per heavy atom. The van der Waals surface area contributed by atoms with E-state index in [0.717, 1.165) is 40.5 Å². The van der Waals surface area contributed by atoms with Crippen LogP contribution >= 0.6 is 0 Å². The number of aromatic nitrogens is 6. The first-order valence-corrected chi connectivity index (χ1v) is 10.2. The number of anilines is 1. The Morgan fingerprint density at radius 3 is 2.69 bits per heavy atom. The van der Waals surface area contributed by atoms with Crippen molar-refractivity contribution in [1.82, 2.24) is 34.5 Å². The molecule has 1 aliphatic rings. The highest BCUT2D eigenvalue weighted by molar-refractivity contribution is 5.87. The van der Waals surface area contributed by atoms with Crippen molar-refractivity contribution < 1.29 is 0 Å². The second-order valence-corrected chi connectivity index (χ2v) is 8.17. The van der Waals surface area contributed by atoms with Gasteiger partial charge in [0.2, 0.25) is 5.95 Å². The van der Waals surface area contributed by atoms with Crippen LogP contribution in [-0.2, 0) is 7.05 Å². The zero-order valence-electron chi connectivity index (χ0n) is 17.1. The van der Waals surface area contributed by atoms with E-state index in [1.807, 2.05) is 30.0 Å². The van der Waals surface area contributed by atoms with E-state index in [9.17, 15) is 0 Å². The number of fused-ring (bicyclic) bond motifs is 2. The van der Waals surface area contributed by atoms with Crippen molar-refractivity contribution in [2.45, 2.75) is 37.8 Å². The van der Waals surface area contributed by atoms with E-state index in [0.29, 0.717) is 18.0 Å². The van der Waals surface area contributed by atoms with E-state index in [2.05, 4.69) is 57.8 Å². The fraction of sp³-hybridized carbons (Fsp3) is 0.429. The van der Waals surface area contributed by atoms with Crippen molar-refractivity contribution in [3.8, 4) is 11.1 Å². The van der Waals surface area contributed by atoms with Crippen molar-refractivity contribution in [1.29, 1.82) is 0 Å². The summed E-state index contributed by atoms with van der Waals surface area (Å²) in [6.45, 7) is 0. The summed E-state index contributed by atoms with van der Waals surface area (Å²) in [6.07, 6.45) is 8.63. The normalized spacial score (nSPS) is 20.0. The molecule has 150 valence electrons. The molecule has 29 heavy (non-hydrogen) atoms. The molecule has 8 nitrogen and oxygen atoms in total. The van der Waals surface area contributed by atoms with Gasteiger partial charge < -0.3 is 10.2 Å². The van der Waals surface area contributed by atoms with Crippen LogP contribution in [0.15, 0.2) is 36.7 Å². The van der Waals surface area contributed by atoms with Gasteiger partial charge in [0, 0.05) is 30.9 Å². The van der Waals surface area contributed by atoms with Gasteiger partial charge in [0.05, 0.1) is 17.2 Å². The molecule has 1 fully saturated rings. The molecule has 3 aromatic heterocycles. The highest BCUT2D eigenvalue weighted by Crippen LogP contribution is 2.28. The molecular weight excluding hydrogens is 364 g/mol. The lowest BCUT2D eigenvalue weighted by molar-refractivity contribution is 0.221. The molecule has 0 spiro atoms. The zero-order chi connectivity index (χ0) is 20.0. The number of rotatable bonds is 4. The molecule has 3 heterocycles. The molecule has 0 radical (unpaired) electrons. The number of aryl methyl sites for hydroxylation is 1. The van der Waals surface area contributed by atoms with E-state index in [-0.39, 0.29) is 0 Å². The van der Waals surface area contributed by atoms with Crippen molar-refractivity contribution >= 4 is 22.5 Å². The summed E-state index contributed by atoms with van der Waals surface area (Å²) in [4.78, 5) is 6.93. The lowest BCUT2D eigenvalue weighted by Gasteiger charge is -2.32. The van der Waals surface area contributed by atoms with Crippen molar-refractivity contribution in [2.24, 2.45) is 7.05 Å². The highest BCUT2D eigenvalue weighted by Gasteiger charge is 2.23. The molecule has 0 aliphatic heterocycles. The Kier molecular flexibility index (Phi) is 4.43. The molecule has 5 rings (SSSR count). The molecule has 1 saturated carbocycles. The summed E-state index contributed by atoms with van der Waals surface area (Å²) >= 11 is 0. The van der Waals surface area contributed by atoms with Gasteiger partial charge in [-0.15, -0.1) is 10.2 Å². The third kappa shape index (κ3) is 3.33. The van der Waals surface area contributed by atoms with E-state index in [1.54, 1.807) is 4.68 Å². The number of nitrogens with one attached hydrogen (secondary N) is 1. The maximum absolute atomic E-state index is 4.69. The van der Waals surface area contributed by atoms with Gasteiger partial charge in [0.1, 0.15) is 5.52 Å². The Bertz CT molecular complexity index is 1150. The summed E-state index contributed by atoms with van der Waals surface area (Å²) in [7, 11) is 6.24. The van der Waals surface area contributed by atoms with Gasteiger partial charge in [-0.1, -0.05) is 11.3 Å². The van der Waals surface area contributed by atoms with Crippen LogP contribution in [0.1, 0.15) is 25.7 Å². The monoisotopic (exact) mass is 390 g/mol. The van der Waals surface area contributed by atoms with Crippen molar-refractivity contribution in [2.75, 3.05) is 19.4 Å². The van der Waals surface area contributed by atoms with Gasteiger partial charge in [-0.3, -0.25) is 0 Å². The summed E-state index contributed by atoms with van der Waals surface area (Å²) in [5.74, 6) is 0.694. The van der Waals surface area contributed by atoms with Crippen LogP contribution in [0.3, 0.4) is 0 Å². The van der Waals surface area contributed by atoms with Crippen LogP contribution < -0.4 is 5.32 Å². The van der Waals surface area contributed by atoms with Crippen LogP contribution in [0.4, 0.5) is 5.95 Å². The first kappa shape index (κ1) is 18.1. The quantitative estimate of drug-likeness (QED) is 0.577. The van der Waals surface area contributed by atoms with E-state index < -0.39 is 0 Å². The van der Waals surface area contributed by atoms with Crippen LogP contribution in [0.5, 0.6) is 0 Å². The molecule has 1 aromatic carbocycles. The number of nitrogens with zero attached hydrogens (tertiary/aromatic N) is 7. The second kappa shape index (κ2) is 7.11. The molecule has 4 aromatic rings. The topological polar surface area (TPSA) is 76.2 Å². The first-order chi connectivity index (χ1) is 14.1. The first-order valence-electron chi connectivity index (χ1n) is 10.2. The lowest BCUT2D eigenvalue weighted by Crippen LogP contribution is -2.36. The average molecular weight is 390 g/mol. The largest absolute Gasteiger partial charge is 0.350 e. The summed E-state index contributed by atoms with van der Waals surface area (Å²) < 4.78 is 3.70. The molecule has 0 saturated heterocycles. The second-order valence-electron chi connectivity index (χ2n) is 8.17. The van der Waals surface area contributed by atoms with Crippen LogP contribution in [0.25, 0.3) is 27.7 Å². The Balaban J connectivity index is 1.38. The maximum atomic E-state index is 4.69. The Labute approximate surface area is 169 Å². The van der Waals surface area contributed by atoms with Gasteiger partial charge in [-0.25, -0.2) is 14.2 Å². The molecule has 1 N–H and O–H groups in total. The van der Waals surface area contributed by atoms with Crippen LogP contribution in [0.2, 0.25) is 0 Å². The number of benzene rings is 1. The molecule has 0 bridgehead atoms. The van der Waals surface area contributed by atoms with E-state index >= 15 is 0 Å². The third-order valence-electron chi connectivity index (χ3n) is 6.10. The third-order valence-corrected chi connectivity index (χ3v) is 6.10. The van der Waals surface area contributed by atoms with E-state index in [1.165, 1.54) is 12.8 Å². The SMILES string of the molecule is Cn1nnc2ccc(-c3ccn4nc(N[C@H]5CC[C@@H](N(C)C)CC5)ncc34)cc21. The van der Waals surface area contributed by atoms with Crippen LogP contribution in [0, 0.1) is 0 Å². The highest BCUT2D eigenvalue weighted by atomic mass is 15.4. The average Bonchev–Trinajstić information content (AvgIpc) is 3.31. The predicted octanol–water partition coefficient (Wildman–Crippen LogP) is 2.96. The Morgan fingerprint density at radius 2 is 1.90 bits per heavy atom. The molecule has 0 unspecified atom stereocenters. The number of hydrogen-bond donors (Lipinski definition) is 1. The van der Waals surface area contributed by atoms with Crippen molar-refractivity contribution in [3.63, 3.8) is 0 Å². The minimum absolute atomic E-state index is 0.443. The van der Waals surface area contributed by atoms with E-state index in [4.69, 9.17) is 5.10 Å². The van der Waals surface area contributed by atoms with Gasteiger partial charge in [0.25, 0.3) is 0 Å². The Hall–Kier alpha value is -3.00. The number of hydrogen-bond acceptors (Lipinski definition) is 6. The zero-order valence-corrected chi connectivity index (χ0v) is 17.1. The maximum Gasteiger partial charge on any atom is 0.241 e. The molecule has 8 heteroatoms. The van der Waals surface area contributed by atoms with Crippen LogP contribution in [-0.4, -0.2) is 60.7 Å². The lowest BCUT2D eigenvalue weighted by atomic mass is 9.91. The molecular formula is C21H26N8. The predicted molar refractivity (Wildman–Crippen MR) is 114 cm³/mol. The standard InChI is InChI=1S/C21H26N8/c1-27(2)16-7-5-15(6-8-16)23-21-22-13-20-17(10-11-29(20)25-21)14-4-9-18-19(12-14)28(3)26-24-18/h4,9-13,15-16H,5-8H2,1-3H3,(H,23,25)/t15-,16+. The van der Waals surface area contributed by atoms with Gasteiger partial charge in [0.15, 0.2) is 0 Å². The summed E-state index contributed by atoms with van der Waals surface area (Å²) in [6, 6.07) is 9.40. The van der Waals surface area contributed by atoms with Gasteiger partial charge >= 0.3 is 0 Å².